The Kier molecular flexibility index (Phi) is 7.32. The van der Waals surface area contributed by atoms with E-state index in [0.29, 0.717) is 5.54 Å². The minimum absolute atomic E-state index is 0. The lowest BCUT2D eigenvalue weighted by atomic mass is 9.79. The molecule has 3 rings (SSSR count). The van der Waals surface area contributed by atoms with Gasteiger partial charge in [-0.2, -0.15) is 0 Å². The van der Waals surface area contributed by atoms with E-state index in [1.165, 1.54) is 57.3 Å². The number of nitrogens with one attached hydrogen (secondary N) is 1. The minimum atomic E-state index is 0. The Morgan fingerprint density at radius 3 is 2.35 bits per heavy atom. The SMILES string of the molecule is Cl.Cl.c1ccc(CN2CCCCC23CCNCC3)cc1. The maximum atomic E-state index is 3.51. The molecule has 0 radical (unpaired) electrons. The molecule has 2 saturated heterocycles. The standard InChI is InChI=1S/C16H24N2.2ClH/c1-2-6-15(7-3-1)14-18-13-5-4-8-16(18)9-11-17-12-10-16;;/h1-3,6-7,17H,4-5,8-14H2;2*1H. The van der Waals surface area contributed by atoms with Crippen molar-refractivity contribution >= 4 is 24.8 Å². The third-order valence-electron chi connectivity index (χ3n) is 4.74. The van der Waals surface area contributed by atoms with E-state index in [1.54, 1.807) is 0 Å². The summed E-state index contributed by atoms with van der Waals surface area (Å²) in [6.07, 6.45) is 6.87. The molecule has 2 aliphatic heterocycles. The van der Waals surface area contributed by atoms with Gasteiger partial charge in [-0.15, -0.1) is 24.8 Å². The number of likely N-dealkylation sites (tertiary alicyclic amines) is 1. The lowest BCUT2D eigenvalue weighted by molar-refractivity contribution is 0.0137. The zero-order valence-corrected chi connectivity index (χ0v) is 13.6. The van der Waals surface area contributed by atoms with Crippen molar-refractivity contribution < 1.29 is 0 Å². The predicted molar refractivity (Wildman–Crippen MR) is 90.0 cm³/mol. The molecule has 0 saturated carbocycles. The van der Waals surface area contributed by atoms with Gasteiger partial charge in [0.25, 0.3) is 0 Å². The van der Waals surface area contributed by atoms with Crippen molar-refractivity contribution in [2.24, 2.45) is 0 Å². The Hall–Kier alpha value is -0.280. The van der Waals surface area contributed by atoms with Gasteiger partial charge in [-0.3, -0.25) is 4.90 Å². The lowest BCUT2D eigenvalue weighted by Crippen LogP contribution is -2.56. The van der Waals surface area contributed by atoms with Gasteiger partial charge in [0.1, 0.15) is 0 Å². The Morgan fingerprint density at radius 1 is 0.950 bits per heavy atom. The lowest BCUT2D eigenvalue weighted by Gasteiger charge is -2.50. The van der Waals surface area contributed by atoms with E-state index in [9.17, 15) is 0 Å². The molecular weight excluding hydrogens is 291 g/mol. The first-order valence-electron chi connectivity index (χ1n) is 7.39. The van der Waals surface area contributed by atoms with Gasteiger partial charge in [0.05, 0.1) is 0 Å². The second-order valence-electron chi connectivity index (χ2n) is 5.84. The first kappa shape index (κ1) is 17.8. The quantitative estimate of drug-likeness (QED) is 0.896. The van der Waals surface area contributed by atoms with Gasteiger partial charge >= 0.3 is 0 Å². The van der Waals surface area contributed by atoms with Gasteiger partial charge in [0, 0.05) is 12.1 Å². The average molecular weight is 317 g/mol. The summed E-state index contributed by atoms with van der Waals surface area (Å²) in [5.41, 5.74) is 1.97. The van der Waals surface area contributed by atoms with E-state index >= 15 is 0 Å². The van der Waals surface area contributed by atoms with Crippen LogP contribution in [0.2, 0.25) is 0 Å². The number of rotatable bonds is 2. The Balaban J connectivity index is 0.000001000. The van der Waals surface area contributed by atoms with Crippen molar-refractivity contribution in [3.8, 4) is 0 Å². The molecule has 2 nitrogen and oxygen atoms in total. The smallest absolute Gasteiger partial charge is 0.0239 e. The summed E-state index contributed by atoms with van der Waals surface area (Å²) in [5, 5.41) is 3.51. The van der Waals surface area contributed by atoms with E-state index in [1.807, 2.05) is 0 Å². The molecule has 0 unspecified atom stereocenters. The molecule has 2 heterocycles. The van der Waals surface area contributed by atoms with Crippen molar-refractivity contribution in [1.82, 2.24) is 10.2 Å². The van der Waals surface area contributed by atoms with Crippen LogP contribution in [-0.2, 0) is 6.54 Å². The fourth-order valence-corrected chi connectivity index (χ4v) is 3.66. The fourth-order valence-electron chi connectivity index (χ4n) is 3.66. The number of nitrogens with zero attached hydrogens (tertiary/aromatic N) is 1. The average Bonchev–Trinajstić information content (AvgIpc) is 2.44. The second-order valence-corrected chi connectivity index (χ2v) is 5.84. The topological polar surface area (TPSA) is 15.3 Å². The van der Waals surface area contributed by atoms with Gasteiger partial charge in [-0.25, -0.2) is 0 Å². The molecule has 2 fully saturated rings. The predicted octanol–water partition coefficient (Wildman–Crippen LogP) is 3.64. The van der Waals surface area contributed by atoms with E-state index in [-0.39, 0.29) is 24.8 Å². The van der Waals surface area contributed by atoms with Crippen LogP contribution in [0.25, 0.3) is 0 Å². The normalized spacial score (nSPS) is 21.8. The maximum Gasteiger partial charge on any atom is 0.0239 e. The molecule has 2 aliphatic rings. The summed E-state index contributed by atoms with van der Waals surface area (Å²) in [4.78, 5) is 2.77. The van der Waals surface area contributed by atoms with Gasteiger partial charge < -0.3 is 5.32 Å². The molecule has 20 heavy (non-hydrogen) atoms. The monoisotopic (exact) mass is 316 g/mol. The number of benzene rings is 1. The first-order chi connectivity index (χ1) is 8.89. The van der Waals surface area contributed by atoms with Gasteiger partial charge in [0.2, 0.25) is 0 Å². The Morgan fingerprint density at radius 2 is 1.65 bits per heavy atom. The summed E-state index contributed by atoms with van der Waals surface area (Å²) >= 11 is 0. The third kappa shape index (κ3) is 3.88. The van der Waals surface area contributed by atoms with Crippen molar-refractivity contribution in [2.75, 3.05) is 19.6 Å². The first-order valence-corrected chi connectivity index (χ1v) is 7.39. The van der Waals surface area contributed by atoms with Crippen LogP contribution in [0.5, 0.6) is 0 Å². The summed E-state index contributed by atoms with van der Waals surface area (Å²) in [6.45, 7) is 4.83. The van der Waals surface area contributed by atoms with Gasteiger partial charge in [-0.05, 0) is 50.9 Å². The van der Waals surface area contributed by atoms with Crippen LogP contribution in [0.1, 0.15) is 37.7 Å². The van der Waals surface area contributed by atoms with Crippen LogP contribution in [0, 0.1) is 0 Å². The molecule has 1 aromatic carbocycles. The second kappa shape index (κ2) is 8.23. The van der Waals surface area contributed by atoms with Crippen LogP contribution in [-0.4, -0.2) is 30.1 Å². The number of halogens is 2. The summed E-state index contributed by atoms with van der Waals surface area (Å²) in [7, 11) is 0. The van der Waals surface area contributed by atoms with Gasteiger partial charge in [0.15, 0.2) is 0 Å². The van der Waals surface area contributed by atoms with Crippen LogP contribution in [0.15, 0.2) is 30.3 Å². The summed E-state index contributed by atoms with van der Waals surface area (Å²) in [6, 6.07) is 11.0. The summed E-state index contributed by atoms with van der Waals surface area (Å²) in [5.74, 6) is 0. The largest absolute Gasteiger partial charge is 0.317 e. The maximum absolute atomic E-state index is 3.51. The van der Waals surface area contributed by atoms with Gasteiger partial charge in [-0.1, -0.05) is 36.8 Å². The van der Waals surface area contributed by atoms with Crippen molar-refractivity contribution in [3.05, 3.63) is 35.9 Å². The van der Waals surface area contributed by atoms with Crippen LogP contribution >= 0.6 is 24.8 Å². The molecule has 1 spiro atoms. The van der Waals surface area contributed by atoms with Crippen LogP contribution in [0.4, 0.5) is 0 Å². The molecule has 4 heteroatoms. The zero-order valence-electron chi connectivity index (χ0n) is 12.0. The highest BCUT2D eigenvalue weighted by Gasteiger charge is 2.39. The number of hydrogen-bond acceptors (Lipinski definition) is 2. The highest BCUT2D eigenvalue weighted by molar-refractivity contribution is 5.85. The summed E-state index contributed by atoms with van der Waals surface area (Å²) < 4.78 is 0. The molecule has 0 atom stereocenters. The number of piperidine rings is 2. The molecule has 114 valence electrons. The minimum Gasteiger partial charge on any atom is -0.317 e. The zero-order chi connectivity index (χ0) is 12.3. The van der Waals surface area contributed by atoms with Crippen molar-refractivity contribution in [1.29, 1.82) is 0 Å². The van der Waals surface area contributed by atoms with E-state index in [0.717, 1.165) is 6.54 Å². The highest BCUT2D eigenvalue weighted by Crippen LogP contribution is 2.36. The van der Waals surface area contributed by atoms with Crippen LogP contribution < -0.4 is 5.32 Å². The molecular formula is C16H26Cl2N2. The number of hydrogen-bond donors (Lipinski definition) is 1. The molecule has 0 aromatic heterocycles. The molecule has 1 aromatic rings. The highest BCUT2D eigenvalue weighted by atomic mass is 35.5. The fraction of sp³-hybridized carbons (Fsp3) is 0.625. The van der Waals surface area contributed by atoms with Crippen molar-refractivity contribution in [3.63, 3.8) is 0 Å². The van der Waals surface area contributed by atoms with Crippen LogP contribution in [0.3, 0.4) is 0 Å². The Labute approximate surface area is 135 Å². The Bertz CT molecular complexity index is 369. The van der Waals surface area contributed by atoms with Crippen molar-refractivity contribution in [2.45, 2.75) is 44.2 Å². The van der Waals surface area contributed by atoms with E-state index in [4.69, 9.17) is 0 Å². The molecule has 1 N–H and O–H groups in total. The third-order valence-corrected chi connectivity index (χ3v) is 4.74. The molecule has 0 aliphatic carbocycles. The van der Waals surface area contributed by atoms with E-state index in [2.05, 4.69) is 40.5 Å². The van der Waals surface area contributed by atoms with E-state index < -0.39 is 0 Å². The molecule has 0 bridgehead atoms. The molecule has 0 amide bonds.